The second kappa shape index (κ2) is 4.38. The van der Waals surface area contributed by atoms with Gasteiger partial charge in [0.05, 0.1) is 0 Å². The van der Waals surface area contributed by atoms with Gasteiger partial charge >= 0.3 is 0 Å². The van der Waals surface area contributed by atoms with Gasteiger partial charge in [0.25, 0.3) is 5.91 Å². The molecule has 0 aromatic heterocycles. The minimum Gasteiger partial charge on any atom is -0.349 e. The summed E-state index contributed by atoms with van der Waals surface area (Å²) in [6.45, 7) is 1.68. The summed E-state index contributed by atoms with van der Waals surface area (Å²) in [5.41, 5.74) is 0. The lowest BCUT2D eigenvalue weighted by molar-refractivity contribution is -0.136. The molecule has 1 amide bonds. The molecule has 4 heteroatoms. The van der Waals surface area contributed by atoms with Crippen molar-refractivity contribution in [1.82, 2.24) is 5.32 Å². The average Bonchev–Trinajstić information content (AvgIpc) is 1.82. The molecular formula is C5H9NO2S. The molecule has 0 unspecified atom stereocenters. The Bertz CT molecular complexity index is 124. The van der Waals surface area contributed by atoms with E-state index in [0.717, 1.165) is 0 Å². The molecule has 3 nitrogen and oxygen atoms in total. The molecule has 0 aromatic rings. The van der Waals surface area contributed by atoms with Crippen LogP contribution in [0, 0.1) is 0 Å². The topological polar surface area (TPSA) is 46.2 Å². The third-order valence-electron chi connectivity index (χ3n) is 0.717. The van der Waals surface area contributed by atoms with E-state index < -0.39 is 11.7 Å². The van der Waals surface area contributed by atoms with Gasteiger partial charge in [-0.3, -0.25) is 9.59 Å². The first-order valence-electron chi connectivity index (χ1n) is 2.58. The van der Waals surface area contributed by atoms with E-state index in [1.54, 1.807) is 0 Å². The number of hydrogen-bond acceptors (Lipinski definition) is 3. The molecule has 0 aliphatic carbocycles. The minimum atomic E-state index is -0.538. The molecule has 0 rings (SSSR count). The maximum atomic E-state index is 10.4. The first-order valence-corrected chi connectivity index (χ1v) is 3.21. The van der Waals surface area contributed by atoms with E-state index in [1.807, 2.05) is 0 Å². The molecule has 0 aromatic carbocycles. The smallest absolute Gasteiger partial charge is 0.287 e. The van der Waals surface area contributed by atoms with Gasteiger partial charge in [-0.1, -0.05) is 0 Å². The second-order valence-corrected chi connectivity index (χ2v) is 1.98. The largest absolute Gasteiger partial charge is 0.349 e. The van der Waals surface area contributed by atoms with E-state index in [4.69, 9.17) is 0 Å². The number of nitrogens with one attached hydrogen (secondary N) is 1. The molecule has 0 saturated carbocycles. The zero-order chi connectivity index (χ0) is 7.28. The summed E-state index contributed by atoms with van der Waals surface area (Å²) in [5.74, 6) is -0.445. The molecule has 52 valence electrons. The van der Waals surface area contributed by atoms with Crippen molar-refractivity contribution in [1.29, 1.82) is 0 Å². The van der Waals surface area contributed by atoms with Crippen LogP contribution in [0.5, 0.6) is 0 Å². The molecule has 1 N–H and O–H groups in total. The minimum absolute atomic E-state index is 0.446. The van der Waals surface area contributed by atoms with Gasteiger partial charge in [-0.15, -0.1) is 0 Å². The molecule has 9 heavy (non-hydrogen) atoms. The lowest BCUT2D eigenvalue weighted by atomic mass is 10.4. The van der Waals surface area contributed by atoms with Crippen LogP contribution in [-0.2, 0) is 9.59 Å². The highest BCUT2D eigenvalue weighted by atomic mass is 32.1. The van der Waals surface area contributed by atoms with E-state index in [1.165, 1.54) is 6.92 Å². The second-order valence-electron chi connectivity index (χ2n) is 1.54. The van der Waals surface area contributed by atoms with Crippen LogP contribution in [0.4, 0.5) is 0 Å². The number of thiol groups is 1. The summed E-state index contributed by atoms with van der Waals surface area (Å²) >= 11 is 3.84. The van der Waals surface area contributed by atoms with Crippen molar-refractivity contribution < 1.29 is 9.59 Å². The third-order valence-corrected chi connectivity index (χ3v) is 0.941. The maximum Gasteiger partial charge on any atom is 0.287 e. The van der Waals surface area contributed by atoms with Crippen LogP contribution in [0.2, 0.25) is 0 Å². The zero-order valence-electron chi connectivity index (χ0n) is 5.18. The number of hydrogen-bond donors (Lipinski definition) is 2. The molecule has 0 spiro atoms. The fourth-order valence-corrected chi connectivity index (χ4v) is 0.406. The summed E-state index contributed by atoms with van der Waals surface area (Å²) in [4.78, 5) is 20.6. The van der Waals surface area contributed by atoms with Crippen LogP contribution in [0.3, 0.4) is 0 Å². The summed E-state index contributed by atoms with van der Waals surface area (Å²) in [6, 6.07) is 0. The number of Topliss-reactive ketones (excluding diaryl/α,β-unsaturated/α-hetero) is 1. The highest BCUT2D eigenvalue weighted by molar-refractivity contribution is 7.80. The van der Waals surface area contributed by atoms with Crippen molar-refractivity contribution in [3.63, 3.8) is 0 Å². The van der Waals surface area contributed by atoms with Crippen LogP contribution in [-0.4, -0.2) is 24.0 Å². The van der Waals surface area contributed by atoms with E-state index in [0.29, 0.717) is 12.3 Å². The van der Waals surface area contributed by atoms with Gasteiger partial charge < -0.3 is 5.32 Å². The Kier molecular flexibility index (Phi) is 4.13. The van der Waals surface area contributed by atoms with Crippen LogP contribution < -0.4 is 5.32 Å². The molecule has 0 aliphatic rings. The van der Waals surface area contributed by atoms with Crippen molar-refractivity contribution in [3.8, 4) is 0 Å². The van der Waals surface area contributed by atoms with Crippen molar-refractivity contribution in [3.05, 3.63) is 0 Å². The number of carbonyl (C=O) groups excluding carboxylic acids is 2. The van der Waals surface area contributed by atoms with Crippen molar-refractivity contribution in [2.45, 2.75) is 6.92 Å². The number of amides is 1. The average molecular weight is 147 g/mol. The van der Waals surface area contributed by atoms with Crippen molar-refractivity contribution in [2.75, 3.05) is 12.3 Å². The Morgan fingerprint density at radius 3 is 2.44 bits per heavy atom. The molecule has 0 heterocycles. The van der Waals surface area contributed by atoms with E-state index >= 15 is 0 Å². The molecule has 0 bridgehead atoms. The van der Waals surface area contributed by atoms with E-state index in [9.17, 15) is 9.59 Å². The lowest BCUT2D eigenvalue weighted by Gasteiger charge is -1.96. The van der Waals surface area contributed by atoms with Crippen LogP contribution in [0.1, 0.15) is 6.92 Å². The highest BCUT2D eigenvalue weighted by Crippen LogP contribution is 1.71. The van der Waals surface area contributed by atoms with Crippen LogP contribution >= 0.6 is 12.6 Å². The van der Waals surface area contributed by atoms with E-state index in [2.05, 4.69) is 17.9 Å². The van der Waals surface area contributed by atoms with Gasteiger partial charge in [0, 0.05) is 19.2 Å². The Hall–Kier alpha value is -0.510. The Morgan fingerprint density at radius 2 is 2.11 bits per heavy atom. The Morgan fingerprint density at radius 1 is 1.56 bits per heavy atom. The van der Waals surface area contributed by atoms with Gasteiger partial charge in [-0.05, 0) is 0 Å². The fourth-order valence-electron chi connectivity index (χ4n) is 0.294. The quantitative estimate of drug-likeness (QED) is 0.422. The number of ketones is 1. The van der Waals surface area contributed by atoms with Crippen LogP contribution in [0.15, 0.2) is 0 Å². The maximum absolute atomic E-state index is 10.4. The lowest BCUT2D eigenvalue weighted by Crippen LogP contribution is -2.30. The predicted molar refractivity (Wildman–Crippen MR) is 37.5 cm³/mol. The monoisotopic (exact) mass is 147 g/mol. The van der Waals surface area contributed by atoms with Gasteiger partial charge in [-0.2, -0.15) is 12.6 Å². The summed E-state index contributed by atoms with van der Waals surface area (Å²) in [7, 11) is 0. The third kappa shape index (κ3) is 4.02. The van der Waals surface area contributed by atoms with Gasteiger partial charge in [0.15, 0.2) is 0 Å². The molecule has 0 saturated heterocycles. The number of carbonyl (C=O) groups is 2. The Balaban J connectivity index is 3.39. The van der Waals surface area contributed by atoms with Crippen molar-refractivity contribution >= 4 is 24.3 Å². The normalized spacial score (nSPS) is 8.67. The Labute approximate surface area is 59.2 Å². The first kappa shape index (κ1) is 8.49. The first-order chi connectivity index (χ1) is 4.18. The summed E-state index contributed by atoms with van der Waals surface area (Å²) in [5, 5.41) is 2.37. The highest BCUT2D eigenvalue weighted by Gasteiger charge is 2.03. The molecular weight excluding hydrogens is 138 g/mol. The predicted octanol–water partition coefficient (Wildman–Crippen LogP) is -0.379. The zero-order valence-corrected chi connectivity index (χ0v) is 6.07. The number of rotatable bonds is 3. The summed E-state index contributed by atoms with van der Waals surface area (Å²) in [6.07, 6.45) is 0. The fraction of sp³-hybridized carbons (Fsp3) is 0.600. The van der Waals surface area contributed by atoms with Gasteiger partial charge in [0.2, 0.25) is 5.78 Å². The molecule has 0 fully saturated rings. The summed E-state index contributed by atoms with van der Waals surface area (Å²) < 4.78 is 0. The molecule has 0 radical (unpaired) electrons. The van der Waals surface area contributed by atoms with Crippen LogP contribution in [0.25, 0.3) is 0 Å². The van der Waals surface area contributed by atoms with Gasteiger partial charge in [-0.25, -0.2) is 0 Å². The van der Waals surface area contributed by atoms with Gasteiger partial charge in [0.1, 0.15) is 0 Å². The standard InChI is InChI=1S/C5H9NO2S/c1-4(7)5(8)6-2-3-9/h9H,2-3H2,1H3,(H,6,8). The van der Waals surface area contributed by atoms with Crippen molar-refractivity contribution in [2.24, 2.45) is 0 Å². The SMILES string of the molecule is CC(=O)C(=O)NCCS. The molecule has 0 aliphatic heterocycles. The molecule has 0 atom stereocenters. The van der Waals surface area contributed by atoms with E-state index in [-0.39, 0.29) is 0 Å².